The first-order valence-electron chi connectivity index (χ1n) is 5.98. The SMILES string of the molecule is COc1nccnc1OC1CCCN(C(C)=O)C1. The molecule has 6 heteroatoms. The van der Waals surface area contributed by atoms with E-state index in [1.807, 2.05) is 0 Å². The van der Waals surface area contributed by atoms with E-state index in [1.165, 1.54) is 7.11 Å². The fraction of sp³-hybridized carbons (Fsp3) is 0.583. The van der Waals surface area contributed by atoms with Crippen molar-refractivity contribution < 1.29 is 14.3 Å². The van der Waals surface area contributed by atoms with Gasteiger partial charge in [-0.05, 0) is 12.8 Å². The van der Waals surface area contributed by atoms with E-state index in [0.29, 0.717) is 18.3 Å². The van der Waals surface area contributed by atoms with Gasteiger partial charge >= 0.3 is 0 Å². The predicted molar refractivity (Wildman–Crippen MR) is 64.5 cm³/mol. The molecule has 0 aliphatic carbocycles. The van der Waals surface area contributed by atoms with E-state index in [4.69, 9.17) is 9.47 Å². The number of piperidine rings is 1. The van der Waals surface area contributed by atoms with Crippen LogP contribution in [0.4, 0.5) is 0 Å². The Morgan fingerprint density at radius 3 is 2.78 bits per heavy atom. The van der Waals surface area contributed by atoms with E-state index >= 15 is 0 Å². The zero-order chi connectivity index (χ0) is 13.0. The van der Waals surface area contributed by atoms with Crippen LogP contribution in [0.1, 0.15) is 19.8 Å². The van der Waals surface area contributed by atoms with E-state index in [-0.39, 0.29) is 12.0 Å². The van der Waals surface area contributed by atoms with Gasteiger partial charge in [0, 0.05) is 25.9 Å². The van der Waals surface area contributed by atoms with Gasteiger partial charge in [0.2, 0.25) is 5.91 Å². The van der Waals surface area contributed by atoms with E-state index < -0.39 is 0 Å². The first-order chi connectivity index (χ1) is 8.70. The van der Waals surface area contributed by atoms with Gasteiger partial charge < -0.3 is 14.4 Å². The number of carbonyl (C=O) groups excluding carboxylic acids is 1. The summed E-state index contributed by atoms with van der Waals surface area (Å²) >= 11 is 0. The lowest BCUT2D eigenvalue weighted by molar-refractivity contribution is -0.131. The number of aromatic nitrogens is 2. The van der Waals surface area contributed by atoms with Crippen LogP contribution in [-0.4, -0.2) is 47.1 Å². The summed E-state index contributed by atoms with van der Waals surface area (Å²) in [6, 6.07) is 0. The van der Waals surface area contributed by atoms with Gasteiger partial charge in [-0.1, -0.05) is 0 Å². The molecule has 98 valence electrons. The molecule has 1 atom stereocenters. The normalized spacial score (nSPS) is 19.4. The molecular formula is C12H17N3O3. The van der Waals surface area contributed by atoms with Crippen LogP contribution in [0.15, 0.2) is 12.4 Å². The van der Waals surface area contributed by atoms with Crippen LogP contribution < -0.4 is 9.47 Å². The summed E-state index contributed by atoms with van der Waals surface area (Å²) in [6.07, 6.45) is 4.90. The molecule has 1 unspecified atom stereocenters. The maximum Gasteiger partial charge on any atom is 0.278 e. The smallest absolute Gasteiger partial charge is 0.278 e. The number of methoxy groups -OCH3 is 1. The largest absolute Gasteiger partial charge is 0.477 e. The molecule has 2 rings (SSSR count). The lowest BCUT2D eigenvalue weighted by atomic mass is 10.1. The van der Waals surface area contributed by atoms with Crippen LogP contribution in [0.3, 0.4) is 0 Å². The molecule has 1 aliphatic heterocycles. The van der Waals surface area contributed by atoms with E-state index in [0.717, 1.165) is 19.4 Å². The first kappa shape index (κ1) is 12.6. The van der Waals surface area contributed by atoms with Crippen molar-refractivity contribution in [3.63, 3.8) is 0 Å². The predicted octanol–water partition coefficient (Wildman–Crippen LogP) is 0.875. The van der Waals surface area contributed by atoms with Crippen LogP contribution in [-0.2, 0) is 4.79 Å². The summed E-state index contributed by atoms with van der Waals surface area (Å²) in [5, 5.41) is 0. The zero-order valence-corrected chi connectivity index (χ0v) is 10.6. The Morgan fingerprint density at radius 1 is 1.39 bits per heavy atom. The molecule has 0 aromatic carbocycles. The van der Waals surface area contributed by atoms with Gasteiger partial charge in [0.25, 0.3) is 11.8 Å². The van der Waals surface area contributed by atoms with Gasteiger partial charge in [-0.3, -0.25) is 4.79 Å². The Hall–Kier alpha value is -1.85. The summed E-state index contributed by atoms with van der Waals surface area (Å²) in [6.45, 7) is 2.97. The Kier molecular flexibility index (Phi) is 3.96. The molecule has 1 aliphatic rings. The quantitative estimate of drug-likeness (QED) is 0.797. The monoisotopic (exact) mass is 251 g/mol. The average molecular weight is 251 g/mol. The Balaban J connectivity index is 2.02. The number of ether oxygens (including phenoxy) is 2. The fourth-order valence-corrected chi connectivity index (χ4v) is 2.01. The standard InChI is InChI=1S/C12H17N3O3/c1-9(16)15-7-3-4-10(8-15)18-12-11(17-2)13-5-6-14-12/h5-6,10H,3-4,7-8H2,1-2H3. The van der Waals surface area contributed by atoms with Crippen molar-refractivity contribution in [2.75, 3.05) is 20.2 Å². The Bertz CT molecular complexity index is 425. The molecule has 2 heterocycles. The summed E-state index contributed by atoms with van der Waals surface area (Å²) in [5.74, 6) is 0.835. The third kappa shape index (κ3) is 2.88. The van der Waals surface area contributed by atoms with Crippen LogP contribution in [0, 0.1) is 0 Å². The van der Waals surface area contributed by atoms with E-state index in [1.54, 1.807) is 24.2 Å². The minimum atomic E-state index is -0.0479. The summed E-state index contributed by atoms with van der Waals surface area (Å²) in [5.41, 5.74) is 0. The van der Waals surface area contributed by atoms with Crippen LogP contribution >= 0.6 is 0 Å². The van der Waals surface area contributed by atoms with Crippen molar-refractivity contribution in [2.45, 2.75) is 25.9 Å². The van der Waals surface area contributed by atoms with Crippen molar-refractivity contribution in [3.8, 4) is 11.8 Å². The van der Waals surface area contributed by atoms with Crippen molar-refractivity contribution in [2.24, 2.45) is 0 Å². The molecule has 0 radical (unpaired) electrons. The summed E-state index contributed by atoms with van der Waals surface area (Å²) in [4.78, 5) is 21.3. The molecule has 1 aromatic heterocycles. The lowest BCUT2D eigenvalue weighted by Gasteiger charge is -2.31. The highest BCUT2D eigenvalue weighted by Gasteiger charge is 2.24. The van der Waals surface area contributed by atoms with Gasteiger partial charge in [0.05, 0.1) is 13.7 Å². The number of amides is 1. The Morgan fingerprint density at radius 2 is 2.11 bits per heavy atom. The highest BCUT2D eigenvalue weighted by atomic mass is 16.5. The lowest BCUT2D eigenvalue weighted by Crippen LogP contribution is -2.43. The summed E-state index contributed by atoms with van der Waals surface area (Å²) in [7, 11) is 1.53. The van der Waals surface area contributed by atoms with Gasteiger partial charge in [-0.15, -0.1) is 0 Å². The highest BCUT2D eigenvalue weighted by Crippen LogP contribution is 2.23. The number of nitrogens with zero attached hydrogens (tertiary/aromatic N) is 3. The molecule has 0 bridgehead atoms. The maximum atomic E-state index is 11.3. The minimum Gasteiger partial charge on any atom is -0.477 e. The van der Waals surface area contributed by atoms with Crippen LogP contribution in [0.25, 0.3) is 0 Å². The highest BCUT2D eigenvalue weighted by molar-refractivity contribution is 5.73. The van der Waals surface area contributed by atoms with Crippen molar-refractivity contribution in [1.82, 2.24) is 14.9 Å². The average Bonchev–Trinajstić information content (AvgIpc) is 2.39. The van der Waals surface area contributed by atoms with Crippen molar-refractivity contribution in [3.05, 3.63) is 12.4 Å². The number of likely N-dealkylation sites (tertiary alicyclic amines) is 1. The maximum absolute atomic E-state index is 11.3. The van der Waals surface area contributed by atoms with Gasteiger partial charge in [0.1, 0.15) is 6.10 Å². The Labute approximate surface area is 106 Å². The second-order valence-corrected chi connectivity index (χ2v) is 4.22. The second kappa shape index (κ2) is 5.66. The third-order valence-electron chi connectivity index (χ3n) is 2.93. The van der Waals surface area contributed by atoms with Gasteiger partial charge in [-0.25, -0.2) is 9.97 Å². The molecule has 1 saturated heterocycles. The molecule has 0 N–H and O–H groups in total. The second-order valence-electron chi connectivity index (χ2n) is 4.22. The topological polar surface area (TPSA) is 64.6 Å². The molecule has 1 fully saturated rings. The molecule has 1 amide bonds. The number of carbonyl (C=O) groups is 1. The zero-order valence-electron chi connectivity index (χ0n) is 10.6. The number of hydrogen-bond acceptors (Lipinski definition) is 5. The molecular weight excluding hydrogens is 234 g/mol. The van der Waals surface area contributed by atoms with Crippen molar-refractivity contribution in [1.29, 1.82) is 0 Å². The molecule has 0 spiro atoms. The van der Waals surface area contributed by atoms with E-state index in [9.17, 15) is 4.79 Å². The van der Waals surface area contributed by atoms with Crippen molar-refractivity contribution >= 4 is 5.91 Å². The minimum absolute atomic E-state index is 0.0479. The van der Waals surface area contributed by atoms with E-state index in [2.05, 4.69) is 9.97 Å². The molecule has 6 nitrogen and oxygen atoms in total. The molecule has 0 saturated carbocycles. The van der Waals surface area contributed by atoms with Gasteiger partial charge in [-0.2, -0.15) is 0 Å². The first-order valence-corrected chi connectivity index (χ1v) is 5.98. The molecule has 18 heavy (non-hydrogen) atoms. The summed E-state index contributed by atoms with van der Waals surface area (Å²) < 4.78 is 10.8. The fourth-order valence-electron chi connectivity index (χ4n) is 2.01. The molecule has 1 aromatic rings. The van der Waals surface area contributed by atoms with Crippen LogP contribution in [0.2, 0.25) is 0 Å². The van der Waals surface area contributed by atoms with Crippen LogP contribution in [0.5, 0.6) is 11.8 Å². The number of hydrogen-bond donors (Lipinski definition) is 0. The third-order valence-corrected chi connectivity index (χ3v) is 2.93. The van der Waals surface area contributed by atoms with Gasteiger partial charge in [0.15, 0.2) is 0 Å². The number of rotatable bonds is 3.